The summed E-state index contributed by atoms with van der Waals surface area (Å²) >= 11 is 3.38. The molecule has 1 aromatic rings. The third kappa shape index (κ3) is 2.84. The van der Waals surface area contributed by atoms with Gasteiger partial charge in [-0.3, -0.25) is 14.5 Å². The van der Waals surface area contributed by atoms with E-state index in [2.05, 4.69) is 28.2 Å². The van der Waals surface area contributed by atoms with Crippen LogP contribution in [0, 0.1) is 17.8 Å². The van der Waals surface area contributed by atoms with Crippen LogP contribution in [0.1, 0.15) is 26.2 Å². The fraction of sp³-hybridized carbons (Fsp3) is 0.500. The second-order valence-electron chi connectivity index (χ2n) is 6.08. The minimum atomic E-state index is -0.0898. The second kappa shape index (κ2) is 5.79. The molecule has 3 rings (SSSR count). The van der Waals surface area contributed by atoms with Crippen molar-refractivity contribution in [2.45, 2.75) is 26.2 Å². The third-order valence-corrected chi connectivity index (χ3v) is 5.09. The van der Waals surface area contributed by atoms with E-state index in [0.717, 1.165) is 29.4 Å². The summed E-state index contributed by atoms with van der Waals surface area (Å²) in [6.45, 7) is 2.43. The highest BCUT2D eigenvalue weighted by Crippen LogP contribution is 2.40. The molecule has 1 aliphatic carbocycles. The number of likely N-dealkylation sites (tertiary alicyclic amines) is 1. The molecule has 1 N–H and O–H groups in total. The predicted octanol–water partition coefficient (Wildman–Crippen LogP) is 3.24. The summed E-state index contributed by atoms with van der Waals surface area (Å²) in [7, 11) is 0. The molecule has 1 aromatic carbocycles. The van der Waals surface area contributed by atoms with Crippen LogP contribution in [0.25, 0.3) is 0 Å². The number of nitrogens with zero attached hydrogens (tertiary/aromatic N) is 1. The largest absolute Gasteiger partial charge is 0.367 e. The Kier molecular flexibility index (Phi) is 4.02. The zero-order chi connectivity index (χ0) is 15.0. The van der Waals surface area contributed by atoms with Crippen LogP contribution in [0.15, 0.2) is 28.7 Å². The molecule has 3 atom stereocenters. The fourth-order valence-electron chi connectivity index (χ4n) is 3.35. The Bertz CT molecular complexity index is 558. The van der Waals surface area contributed by atoms with Crippen molar-refractivity contribution >= 4 is 33.4 Å². The van der Waals surface area contributed by atoms with Gasteiger partial charge in [-0.1, -0.05) is 22.9 Å². The minimum absolute atomic E-state index is 0.00108. The van der Waals surface area contributed by atoms with Gasteiger partial charge in [0.2, 0.25) is 11.8 Å². The molecule has 1 saturated carbocycles. The lowest BCUT2D eigenvalue weighted by atomic mass is 9.76. The Morgan fingerprint density at radius 2 is 1.81 bits per heavy atom. The Morgan fingerprint density at radius 1 is 1.14 bits per heavy atom. The first-order chi connectivity index (χ1) is 10.1. The summed E-state index contributed by atoms with van der Waals surface area (Å²) < 4.78 is 1.00. The number of hydrogen-bond acceptors (Lipinski definition) is 3. The van der Waals surface area contributed by atoms with Crippen molar-refractivity contribution in [1.29, 1.82) is 0 Å². The monoisotopic (exact) mass is 350 g/mol. The van der Waals surface area contributed by atoms with Gasteiger partial charge in [-0.2, -0.15) is 0 Å². The van der Waals surface area contributed by atoms with E-state index in [1.807, 2.05) is 24.3 Å². The first-order valence-corrected chi connectivity index (χ1v) is 8.20. The Morgan fingerprint density at radius 3 is 2.52 bits per heavy atom. The van der Waals surface area contributed by atoms with Gasteiger partial charge in [0.25, 0.3) is 0 Å². The van der Waals surface area contributed by atoms with Crippen LogP contribution in [0.4, 0.5) is 5.69 Å². The highest BCUT2D eigenvalue weighted by Gasteiger charge is 2.49. The zero-order valence-corrected chi connectivity index (χ0v) is 13.6. The van der Waals surface area contributed by atoms with Gasteiger partial charge in [0.05, 0.1) is 18.5 Å². The predicted molar refractivity (Wildman–Crippen MR) is 84.5 cm³/mol. The van der Waals surface area contributed by atoms with Crippen LogP contribution in [-0.4, -0.2) is 23.4 Å². The number of hydrogen-bond donors (Lipinski definition) is 1. The SMILES string of the molecule is C[C@@H]1CC[C@@H]2C(=O)N(CNc3ccc(Br)cc3)C(=O)[C@@H]2C1. The molecule has 112 valence electrons. The summed E-state index contributed by atoms with van der Waals surface area (Å²) in [5.41, 5.74) is 0.905. The quantitative estimate of drug-likeness (QED) is 0.851. The van der Waals surface area contributed by atoms with E-state index in [9.17, 15) is 9.59 Å². The highest BCUT2D eigenvalue weighted by atomic mass is 79.9. The fourth-order valence-corrected chi connectivity index (χ4v) is 3.62. The van der Waals surface area contributed by atoms with Gasteiger partial charge in [-0.05, 0) is 49.4 Å². The first kappa shape index (κ1) is 14.6. The van der Waals surface area contributed by atoms with E-state index in [1.165, 1.54) is 4.90 Å². The van der Waals surface area contributed by atoms with Crippen molar-refractivity contribution in [3.8, 4) is 0 Å². The molecular formula is C16H19BrN2O2. The average Bonchev–Trinajstić information content (AvgIpc) is 2.70. The normalized spacial score (nSPS) is 28.7. The topological polar surface area (TPSA) is 49.4 Å². The van der Waals surface area contributed by atoms with Crippen LogP contribution in [0.2, 0.25) is 0 Å². The number of fused-ring (bicyclic) bond motifs is 1. The van der Waals surface area contributed by atoms with Crippen LogP contribution < -0.4 is 5.32 Å². The smallest absolute Gasteiger partial charge is 0.234 e. The Labute approximate surface area is 133 Å². The second-order valence-corrected chi connectivity index (χ2v) is 6.99. The number of rotatable bonds is 3. The molecule has 0 radical (unpaired) electrons. The molecular weight excluding hydrogens is 332 g/mol. The van der Waals surface area contributed by atoms with Gasteiger partial charge in [-0.15, -0.1) is 0 Å². The van der Waals surface area contributed by atoms with E-state index in [4.69, 9.17) is 0 Å². The minimum Gasteiger partial charge on any atom is -0.367 e. The molecule has 1 aliphatic heterocycles. The molecule has 2 fully saturated rings. The average molecular weight is 351 g/mol. The molecule has 1 saturated heterocycles. The number of benzene rings is 1. The maximum atomic E-state index is 12.4. The molecule has 0 spiro atoms. The van der Waals surface area contributed by atoms with Crippen LogP contribution in [-0.2, 0) is 9.59 Å². The lowest BCUT2D eigenvalue weighted by molar-refractivity contribution is -0.139. The summed E-state index contributed by atoms with van der Waals surface area (Å²) in [6.07, 6.45) is 2.75. The molecule has 0 aromatic heterocycles. The lowest BCUT2D eigenvalue weighted by Gasteiger charge is -2.25. The Hall–Kier alpha value is -1.36. The summed E-state index contributed by atoms with van der Waals surface area (Å²) in [5.74, 6) is 0.374. The molecule has 0 bridgehead atoms. The summed E-state index contributed by atoms with van der Waals surface area (Å²) in [4.78, 5) is 26.2. The van der Waals surface area contributed by atoms with Crippen molar-refractivity contribution in [3.05, 3.63) is 28.7 Å². The van der Waals surface area contributed by atoms with Crippen LogP contribution >= 0.6 is 15.9 Å². The molecule has 2 aliphatic rings. The molecule has 21 heavy (non-hydrogen) atoms. The van der Waals surface area contributed by atoms with Gasteiger partial charge in [0, 0.05) is 10.2 Å². The van der Waals surface area contributed by atoms with Crippen molar-refractivity contribution in [2.24, 2.45) is 17.8 Å². The molecule has 1 heterocycles. The number of carbonyl (C=O) groups excluding carboxylic acids is 2. The van der Waals surface area contributed by atoms with E-state index in [-0.39, 0.29) is 30.3 Å². The highest BCUT2D eigenvalue weighted by molar-refractivity contribution is 9.10. The molecule has 0 unspecified atom stereocenters. The number of carbonyl (C=O) groups is 2. The molecule has 4 nitrogen and oxygen atoms in total. The maximum Gasteiger partial charge on any atom is 0.234 e. The van der Waals surface area contributed by atoms with Gasteiger partial charge in [0.15, 0.2) is 0 Å². The third-order valence-electron chi connectivity index (χ3n) is 4.56. The van der Waals surface area contributed by atoms with E-state index >= 15 is 0 Å². The molecule has 5 heteroatoms. The number of halogens is 1. The van der Waals surface area contributed by atoms with Gasteiger partial charge in [0.1, 0.15) is 0 Å². The summed E-state index contributed by atoms with van der Waals surface area (Å²) in [6, 6.07) is 7.70. The van der Waals surface area contributed by atoms with Gasteiger partial charge >= 0.3 is 0 Å². The number of amides is 2. The van der Waals surface area contributed by atoms with Crippen LogP contribution in [0.3, 0.4) is 0 Å². The Balaban J connectivity index is 1.67. The van der Waals surface area contributed by atoms with Crippen LogP contribution in [0.5, 0.6) is 0 Å². The van der Waals surface area contributed by atoms with Crippen molar-refractivity contribution in [1.82, 2.24) is 4.90 Å². The standard InChI is InChI=1S/C16H19BrN2O2/c1-10-2-7-13-14(8-10)16(21)19(15(13)20)9-18-12-5-3-11(17)4-6-12/h3-6,10,13-14,18H,2,7-9H2,1H3/t10-,13+,14-/m1/s1. The maximum absolute atomic E-state index is 12.4. The van der Waals surface area contributed by atoms with E-state index in [1.54, 1.807) is 0 Å². The number of anilines is 1. The zero-order valence-electron chi connectivity index (χ0n) is 12.0. The summed E-state index contributed by atoms with van der Waals surface area (Å²) in [5, 5.41) is 3.16. The van der Waals surface area contributed by atoms with Crippen molar-refractivity contribution in [3.63, 3.8) is 0 Å². The number of nitrogens with one attached hydrogen (secondary N) is 1. The van der Waals surface area contributed by atoms with Gasteiger partial charge in [-0.25, -0.2) is 0 Å². The van der Waals surface area contributed by atoms with Gasteiger partial charge < -0.3 is 5.32 Å². The molecule has 2 amide bonds. The van der Waals surface area contributed by atoms with Crippen molar-refractivity contribution < 1.29 is 9.59 Å². The van der Waals surface area contributed by atoms with E-state index in [0.29, 0.717) is 5.92 Å². The number of imide groups is 1. The van der Waals surface area contributed by atoms with E-state index < -0.39 is 0 Å². The lowest BCUT2D eigenvalue weighted by Crippen LogP contribution is -2.35. The van der Waals surface area contributed by atoms with Crippen molar-refractivity contribution in [2.75, 3.05) is 12.0 Å². The first-order valence-electron chi connectivity index (χ1n) is 7.41.